The third kappa shape index (κ3) is 23.6. The van der Waals surface area contributed by atoms with Crippen molar-refractivity contribution in [3.05, 3.63) is 0 Å². The summed E-state index contributed by atoms with van der Waals surface area (Å²) in [6.07, 6.45) is -2.58. The van der Waals surface area contributed by atoms with Gasteiger partial charge in [-0.3, -0.25) is 48.3 Å². The molecule has 0 aromatic carbocycles. The zero-order valence-electron chi connectivity index (χ0n) is 32.6. The summed E-state index contributed by atoms with van der Waals surface area (Å²) in [5.41, 5.74) is 32.4. The lowest BCUT2D eigenvalue weighted by molar-refractivity contribution is -0.142. The highest BCUT2D eigenvalue weighted by Gasteiger charge is 2.33. The molecule has 25 nitrogen and oxygen atoms in total. The van der Waals surface area contributed by atoms with Crippen LogP contribution in [0.5, 0.6) is 0 Å². The Balaban J connectivity index is 6.40. The number of primary amides is 1. The van der Waals surface area contributed by atoms with Crippen LogP contribution in [0, 0.1) is 5.92 Å². The molecular formula is C33H59N13O12. The van der Waals surface area contributed by atoms with E-state index in [4.69, 9.17) is 39.5 Å². The number of nitrogens with zero attached hydrogens (tertiary/aromatic N) is 2. The van der Waals surface area contributed by atoms with E-state index in [9.17, 15) is 53.4 Å². The van der Waals surface area contributed by atoms with Crippen LogP contribution in [0.1, 0.15) is 84.5 Å². The van der Waals surface area contributed by atoms with E-state index in [1.807, 2.05) is 0 Å². The number of hydrogen-bond acceptors (Lipinski definition) is 12. The van der Waals surface area contributed by atoms with Crippen LogP contribution in [0.15, 0.2) is 9.98 Å². The van der Waals surface area contributed by atoms with Crippen molar-refractivity contribution in [3.8, 4) is 0 Å². The van der Waals surface area contributed by atoms with Crippen molar-refractivity contribution in [2.24, 2.45) is 50.3 Å². The fourth-order valence-electron chi connectivity index (χ4n) is 5.11. The Hall–Kier alpha value is -6.27. The van der Waals surface area contributed by atoms with Crippen LogP contribution >= 0.6 is 0 Å². The van der Waals surface area contributed by atoms with Gasteiger partial charge in [0.25, 0.3) is 0 Å². The Labute approximate surface area is 334 Å². The summed E-state index contributed by atoms with van der Waals surface area (Å²) in [5.74, 6) is -10.3. The van der Waals surface area contributed by atoms with Crippen LogP contribution in [0.25, 0.3) is 0 Å². The van der Waals surface area contributed by atoms with Crippen molar-refractivity contribution in [1.29, 1.82) is 0 Å². The lowest BCUT2D eigenvalue weighted by Gasteiger charge is -2.27. The molecule has 0 saturated heterocycles. The summed E-state index contributed by atoms with van der Waals surface area (Å²) in [6.45, 7) is 3.49. The molecule has 6 amide bonds. The number of rotatable bonds is 30. The highest BCUT2D eigenvalue weighted by atomic mass is 16.4. The molecule has 58 heavy (non-hydrogen) atoms. The van der Waals surface area contributed by atoms with E-state index in [-0.39, 0.29) is 75.9 Å². The van der Waals surface area contributed by atoms with Crippen LogP contribution in [0.2, 0.25) is 0 Å². The molecule has 0 aliphatic heterocycles. The Morgan fingerprint density at radius 1 is 0.500 bits per heavy atom. The van der Waals surface area contributed by atoms with E-state index >= 15 is 0 Å². The largest absolute Gasteiger partial charge is 0.481 e. The third-order valence-corrected chi connectivity index (χ3v) is 8.08. The Morgan fingerprint density at radius 2 is 0.862 bits per heavy atom. The van der Waals surface area contributed by atoms with Crippen molar-refractivity contribution in [2.75, 3.05) is 13.1 Å². The van der Waals surface area contributed by atoms with E-state index in [1.165, 1.54) is 0 Å². The molecule has 0 aliphatic carbocycles. The number of hydrogen-bond donors (Lipinski definition) is 14. The molecule has 0 rings (SSSR count). The first kappa shape index (κ1) is 51.7. The normalized spacial score (nSPS) is 13.9. The molecule has 0 radical (unpaired) electrons. The van der Waals surface area contributed by atoms with Gasteiger partial charge in [0.15, 0.2) is 11.9 Å². The highest BCUT2D eigenvalue weighted by Crippen LogP contribution is 2.10. The van der Waals surface area contributed by atoms with Gasteiger partial charge in [0.1, 0.15) is 30.2 Å². The van der Waals surface area contributed by atoms with Crippen LogP contribution in [-0.2, 0) is 43.2 Å². The van der Waals surface area contributed by atoms with Crippen molar-refractivity contribution >= 4 is 65.3 Å². The van der Waals surface area contributed by atoms with Gasteiger partial charge in [0.05, 0.1) is 6.04 Å². The number of nitrogens with one attached hydrogen (secondary N) is 5. The molecule has 0 aromatic heterocycles. The molecule has 0 unspecified atom stereocenters. The Bertz CT molecular complexity index is 1500. The molecule has 0 heterocycles. The van der Waals surface area contributed by atoms with E-state index in [0.29, 0.717) is 0 Å². The van der Waals surface area contributed by atoms with Crippen molar-refractivity contribution in [2.45, 2.75) is 121 Å². The summed E-state index contributed by atoms with van der Waals surface area (Å²) < 4.78 is 0. The zero-order valence-corrected chi connectivity index (χ0v) is 32.6. The second-order valence-corrected chi connectivity index (χ2v) is 13.6. The number of guanidine groups is 2. The number of carboxylic acids is 3. The highest BCUT2D eigenvalue weighted by molar-refractivity contribution is 5.96. The average molecular weight is 830 g/mol. The van der Waals surface area contributed by atoms with E-state index < -0.39 is 115 Å². The fourth-order valence-corrected chi connectivity index (χ4v) is 5.11. The zero-order chi connectivity index (χ0) is 44.5. The summed E-state index contributed by atoms with van der Waals surface area (Å²) in [4.78, 5) is 121. The van der Waals surface area contributed by atoms with E-state index in [2.05, 4.69) is 36.6 Å². The smallest absolute Gasteiger partial charge is 0.326 e. The SMILES string of the molecule is CC(C)C[C@H](NC(=O)[C@H](CCC(=O)O)NC(=O)[C@@H](N)CCC(=O)O)C(=O)N[C@@H](CCC(N)=O)C(=O)N[C@@H](CCCN=C(N)N)C(=O)N[C@@H](CCCN=C(N)N)C(=O)O. The van der Waals surface area contributed by atoms with Gasteiger partial charge >= 0.3 is 17.9 Å². The molecule has 0 saturated carbocycles. The second kappa shape index (κ2) is 27.3. The van der Waals surface area contributed by atoms with Crippen molar-refractivity contribution in [1.82, 2.24) is 26.6 Å². The minimum Gasteiger partial charge on any atom is -0.481 e. The number of carbonyl (C=O) groups is 9. The standard InChI is InChI=1S/C33H59N13O12/c1-16(2)15-22(46-29(55)20(9-12-25(50)51)42-26(52)17(34)7-11-24(48)49)30(56)44-19(8-10-23(35)47)28(54)43-18(5-3-13-40-32(36)37)27(53)45-21(31(57)58)6-4-14-41-33(38)39/h16-22H,3-15,34H2,1-2H3,(H2,35,47)(H,42,52)(H,43,54)(H,44,56)(H,45,53)(H,46,55)(H,48,49)(H,50,51)(H,57,58)(H4,36,37,40)(H4,38,39,41)/t17-,18-,19-,20-,21-,22-/m0/s1. The number of carboxylic acid groups (broad SMARTS) is 3. The predicted molar refractivity (Wildman–Crippen MR) is 207 cm³/mol. The molecule has 25 heteroatoms. The summed E-state index contributed by atoms with van der Waals surface area (Å²) in [6, 6.07) is -8.69. The quantitative estimate of drug-likeness (QED) is 0.0183. The van der Waals surface area contributed by atoms with E-state index in [1.54, 1.807) is 13.8 Å². The predicted octanol–water partition coefficient (Wildman–Crippen LogP) is -5.03. The van der Waals surface area contributed by atoms with Gasteiger partial charge in [-0.2, -0.15) is 0 Å². The molecule has 0 fully saturated rings. The lowest BCUT2D eigenvalue weighted by atomic mass is 10.0. The molecular weight excluding hydrogens is 770 g/mol. The minimum atomic E-state index is -1.55. The summed E-state index contributed by atoms with van der Waals surface area (Å²) >= 11 is 0. The third-order valence-electron chi connectivity index (χ3n) is 8.08. The second-order valence-electron chi connectivity index (χ2n) is 13.6. The van der Waals surface area contributed by atoms with Crippen LogP contribution in [0.4, 0.5) is 0 Å². The number of amides is 6. The first-order valence-corrected chi connectivity index (χ1v) is 18.4. The maximum absolute atomic E-state index is 13.7. The molecule has 0 bridgehead atoms. The van der Waals surface area contributed by atoms with Gasteiger partial charge in [-0.1, -0.05) is 13.8 Å². The molecule has 0 aliphatic rings. The lowest BCUT2D eigenvalue weighted by Crippen LogP contribution is -2.59. The van der Waals surface area contributed by atoms with Crippen LogP contribution < -0.4 is 61.0 Å². The van der Waals surface area contributed by atoms with Crippen molar-refractivity contribution < 1.29 is 58.5 Å². The first-order chi connectivity index (χ1) is 27.0. The molecule has 20 N–H and O–H groups in total. The maximum atomic E-state index is 13.7. The Morgan fingerprint density at radius 3 is 1.28 bits per heavy atom. The maximum Gasteiger partial charge on any atom is 0.326 e. The van der Waals surface area contributed by atoms with E-state index in [0.717, 1.165) is 0 Å². The number of carbonyl (C=O) groups excluding carboxylic acids is 6. The number of aliphatic carboxylic acids is 3. The topological polar surface area (TPSA) is 455 Å². The van der Waals surface area contributed by atoms with Crippen LogP contribution in [0.3, 0.4) is 0 Å². The van der Waals surface area contributed by atoms with Gasteiger partial charge in [-0.05, 0) is 57.3 Å². The number of aliphatic imine (C=N–C) groups is 2. The first-order valence-electron chi connectivity index (χ1n) is 18.4. The summed E-state index contributed by atoms with van der Waals surface area (Å²) in [5, 5.41) is 39.8. The van der Waals surface area contributed by atoms with Crippen LogP contribution in [-0.4, -0.2) is 130 Å². The molecule has 328 valence electrons. The minimum absolute atomic E-state index is 0.0173. The molecule has 0 aromatic rings. The van der Waals surface area contributed by atoms with Crippen molar-refractivity contribution in [3.63, 3.8) is 0 Å². The van der Waals surface area contributed by atoms with Gasteiger partial charge in [-0.25, -0.2) is 4.79 Å². The average Bonchev–Trinajstić information content (AvgIpc) is 3.11. The molecule has 6 atom stereocenters. The Kier molecular flexibility index (Phi) is 24.4. The monoisotopic (exact) mass is 829 g/mol. The van der Waals surface area contributed by atoms with Gasteiger partial charge in [-0.15, -0.1) is 0 Å². The molecule has 0 spiro atoms. The van der Waals surface area contributed by atoms with Gasteiger partial charge < -0.3 is 76.3 Å². The summed E-state index contributed by atoms with van der Waals surface area (Å²) in [7, 11) is 0. The van der Waals surface area contributed by atoms with Gasteiger partial charge in [0.2, 0.25) is 35.4 Å². The number of nitrogens with two attached hydrogens (primary N) is 6. The van der Waals surface area contributed by atoms with Gasteiger partial charge in [0, 0.05) is 32.4 Å². The fraction of sp³-hybridized carbons (Fsp3) is 0.667.